The van der Waals surface area contributed by atoms with Crippen LogP contribution in [0.25, 0.3) is 0 Å². The standard InChI is InChI=1S/C25H25F4N3O2/c1-34-20-5-2-17(3-6-20)16-32-13-10-30-24(32)19-8-11-31(12-9-19)23(33)15-18-4-7-21(22(26)14-18)25(27,28)29/h2-7,10,13-14,19H,8-9,11-12,15-16H2,1H3. The normalized spacial score (nSPS) is 14.9. The number of carbonyl (C=O) groups excluding carboxylic acids is 1. The molecule has 1 aliphatic heterocycles. The van der Waals surface area contributed by atoms with Crippen molar-refractivity contribution in [3.63, 3.8) is 0 Å². The highest BCUT2D eigenvalue weighted by atomic mass is 19.4. The first-order valence-corrected chi connectivity index (χ1v) is 11.0. The molecule has 1 aliphatic rings. The minimum absolute atomic E-state index is 0.133. The van der Waals surface area contributed by atoms with E-state index in [0.29, 0.717) is 25.7 Å². The number of hydrogen-bond acceptors (Lipinski definition) is 3. The SMILES string of the molecule is COc1ccc(Cn2ccnc2C2CCN(C(=O)Cc3ccc(C(F)(F)F)c(F)c3)CC2)cc1. The van der Waals surface area contributed by atoms with Gasteiger partial charge in [-0.15, -0.1) is 0 Å². The van der Waals surface area contributed by atoms with E-state index in [1.165, 1.54) is 0 Å². The summed E-state index contributed by atoms with van der Waals surface area (Å²) in [5.74, 6) is 0.374. The van der Waals surface area contributed by atoms with Crippen molar-refractivity contribution in [2.24, 2.45) is 0 Å². The van der Waals surface area contributed by atoms with Gasteiger partial charge in [-0.2, -0.15) is 13.2 Å². The summed E-state index contributed by atoms with van der Waals surface area (Å²) < 4.78 is 59.3. The Bertz CT molecular complexity index is 1130. The summed E-state index contributed by atoms with van der Waals surface area (Å²) in [7, 11) is 1.63. The van der Waals surface area contributed by atoms with Crippen LogP contribution in [0.4, 0.5) is 17.6 Å². The summed E-state index contributed by atoms with van der Waals surface area (Å²) in [4.78, 5) is 18.9. The third kappa shape index (κ3) is 5.40. The summed E-state index contributed by atoms with van der Waals surface area (Å²) in [5.41, 5.74) is 0.0266. The van der Waals surface area contributed by atoms with Crippen LogP contribution in [0.3, 0.4) is 0 Å². The second-order valence-corrected chi connectivity index (χ2v) is 8.41. The fraction of sp³-hybridized carbons (Fsp3) is 0.360. The Morgan fingerprint density at radius 2 is 1.76 bits per heavy atom. The average Bonchev–Trinajstić information content (AvgIpc) is 3.27. The summed E-state index contributed by atoms with van der Waals surface area (Å²) in [6, 6.07) is 10.5. The van der Waals surface area contributed by atoms with Crippen LogP contribution in [0, 0.1) is 5.82 Å². The highest BCUT2D eigenvalue weighted by molar-refractivity contribution is 5.79. The number of ether oxygens (including phenoxy) is 1. The van der Waals surface area contributed by atoms with E-state index < -0.39 is 17.6 Å². The van der Waals surface area contributed by atoms with Gasteiger partial charge in [-0.1, -0.05) is 18.2 Å². The van der Waals surface area contributed by atoms with Crippen molar-refractivity contribution in [1.82, 2.24) is 14.5 Å². The van der Waals surface area contributed by atoms with E-state index in [1.807, 2.05) is 30.5 Å². The average molecular weight is 475 g/mol. The van der Waals surface area contributed by atoms with Crippen molar-refractivity contribution in [2.75, 3.05) is 20.2 Å². The fourth-order valence-corrected chi connectivity index (χ4v) is 4.31. The molecule has 0 N–H and O–H groups in total. The predicted octanol–water partition coefficient (Wildman–Crippen LogP) is 5.05. The summed E-state index contributed by atoms with van der Waals surface area (Å²) >= 11 is 0. The van der Waals surface area contributed by atoms with Gasteiger partial charge in [-0.05, 0) is 48.2 Å². The Morgan fingerprint density at radius 1 is 1.09 bits per heavy atom. The molecule has 5 nitrogen and oxygen atoms in total. The van der Waals surface area contributed by atoms with Gasteiger partial charge in [0.1, 0.15) is 17.4 Å². The van der Waals surface area contributed by atoms with E-state index in [4.69, 9.17) is 4.74 Å². The molecule has 34 heavy (non-hydrogen) atoms. The van der Waals surface area contributed by atoms with Crippen LogP contribution in [0.1, 0.15) is 41.3 Å². The number of amides is 1. The Labute approximate surface area is 195 Å². The Hall–Kier alpha value is -3.36. The first-order chi connectivity index (χ1) is 16.2. The van der Waals surface area contributed by atoms with Gasteiger partial charge in [0.15, 0.2) is 0 Å². The minimum atomic E-state index is -4.76. The van der Waals surface area contributed by atoms with Gasteiger partial charge in [-0.3, -0.25) is 4.79 Å². The second kappa shape index (κ2) is 9.87. The molecule has 2 aromatic carbocycles. The number of hydrogen-bond donors (Lipinski definition) is 0. The van der Waals surface area contributed by atoms with E-state index in [-0.39, 0.29) is 23.8 Å². The third-order valence-corrected chi connectivity index (χ3v) is 6.17. The molecule has 1 saturated heterocycles. The molecule has 0 bridgehead atoms. The number of alkyl halides is 3. The number of piperidine rings is 1. The third-order valence-electron chi connectivity index (χ3n) is 6.17. The fourth-order valence-electron chi connectivity index (χ4n) is 4.31. The first kappa shape index (κ1) is 23.8. The smallest absolute Gasteiger partial charge is 0.419 e. The molecule has 9 heteroatoms. The van der Waals surface area contributed by atoms with E-state index >= 15 is 0 Å². The molecular formula is C25H25F4N3O2. The molecule has 0 atom stereocenters. The van der Waals surface area contributed by atoms with Crippen molar-refractivity contribution >= 4 is 5.91 Å². The lowest BCUT2D eigenvalue weighted by Crippen LogP contribution is -2.39. The maximum Gasteiger partial charge on any atom is 0.419 e. The van der Waals surface area contributed by atoms with Crippen LogP contribution in [0.5, 0.6) is 5.75 Å². The zero-order valence-electron chi connectivity index (χ0n) is 18.7. The van der Waals surface area contributed by atoms with E-state index in [2.05, 4.69) is 9.55 Å². The number of nitrogens with zero attached hydrogens (tertiary/aromatic N) is 3. The zero-order valence-corrected chi connectivity index (χ0v) is 18.7. The lowest BCUT2D eigenvalue weighted by Gasteiger charge is -2.32. The molecule has 1 fully saturated rings. The first-order valence-electron chi connectivity index (χ1n) is 11.0. The molecule has 1 aromatic heterocycles. The number of aromatic nitrogens is 2. The maximum atomic E-state index is 13.8. The Morgan fingerprint density at radius 3 is 2.38 bits per heavy atom. The van der Waals surface area contributed by atoms with Crippen molar-refractivity contribution in [3.8, 4) is 5.75 Å². The van der Waals surface area contributed by atoms with Crippen LogP contribution in [0.2, 0.25) is 0 Å². The zero-order chi connectivity index (χ0) is 24.3. The van der Waals surface area contributed by atoms with Crippen LogP contribution in [-0.4, -0.2) is 40.6 Å². The van der Waals surface area contributed by atoms with Crippen LogP contribution in [0.15, 0.2) is 54.9 Å². The Balaban J connectivity index is 1.34. The quantitative estimate of drug-likeness (QED) is 0.469. The minimum Gasteiger partial charge on any atom is -0.497 e. The van der Waals surface area contributed by atoms with Crippen LogP contribution in [-0.2, 0) is 23.9 Å². The predicted molar refractivity (Wildman–Crippen MR) is 118 cm³/mol. The van der Waals surface area contributed by atoms with Gasteiger partial charge in [0, 0.05) is 37.9 Å². The van der Waals surface area contributed by atoms with Crippen molar-refractivity contribution in [2.45, 2.75) is 37.9 Å². The number of halogens is 4. The van der Waals surface area contributed by atoms with Gasteiger partial charge >= 0.3 is 6.18 Å². The van der Waals surface area contributed by atoms with Crippen molar-refractivity contribution < 1.29 is 27.1 Å². The summed E-state index contributed by atoms with van der Waals surface area (Å²) in [6.45, 7) is 1.71. The summed E-state index contributed by atoms with van der Waals surface area (Å²) in [5, 5.41) is 0. The molecule has 180 valence electrons. The van der Waals surface area contributed by atoms with Gasteiger partial charge in [0.05, 0.1) is 19.1 Å². The van der Waals surface area contributed by atoms with Crippen LogP contribution >= 0.6 is 0 Å². The van der Waals surface area contributed by atoms with E-state index in [1.54, 1.807) is 18.2 Å². The molecular weight excluding hydrogens is 450 g/mol. The lowest BCUT2D eigenvalue weighted by molar-refractivity contribution is -0.140. The number of likely N-dealkylation sites (tertiary alicyclic amines) is 1. The van der Waals surface area contributed by atoms with Gasteiger partial charge in [-0.25, -0.2) is 9.37 Å². The lowest BCUT2D eigenvalue weighted by atomic mass is 9.95. The summed E-state index contributed by atoms with van der Waals surface area (Å²) in [6.07, 6.45) is 0.282. The molecule has 0 saturated carbocycles. The number of imidazole rings is 1. The van der Waals surface area contributed by atoms with Gasteiger partial charge in [0.2, 0.25) is 5.91 Å². The highest BCUT2D eigenvalue weighted by Crippen LogP contribution is 2.32. The molecule has 0 aliphatic carbocycles. The molecule has 2 heterocycles. The second-order valence-electron chi connectivity index (χ2n) is 8.41. The van der Waals surface area contributed by atoms with E-state index in [9.17, 15) is 22.4 Å². The molecule has 4 rings (SSSR count). The largest absolute Gasteiger partial charge is 0.497 e. The highest BCUT2D eigenvalue weighted by Gasteiger charge is 2.34. The molecule has 0 radical (unpaired) electrons. The monoisotopic (exact) mass is 475 g/mol. The molecule has 1 amide bonds. The topological polar surface area (TPSA) is 47.4 Å². The maximum absolute atomic E-state index is 13.8. The number of rotatable bonds is 6. The van der Waals surface area contributed by atoms with E-state index in [0.717, 1.165) is 42.1 Å². The number of methoxy groups -OCH3 is 1. The van der Waals surface area contributed by atoms with Gasteiger partial charge in [0.25, 0.3) is 0 Å². The number of benzene rings is 2. The molecule has 0 unspecified atom stereocenters. The molecule has 3 aromatic rings. The number of carbonyl (C=O) groups is 1. The molecule has 0 spiro atoms. The van der Waals surface area contributed by atoms with Gasteiger partial charge < -0.3 is 14.2 Å². The Kier molecular flexibility index (Phi) is 6.90. The van der Waals surface area contributed by atoms with Crippen molar-refractivity contribution in [3.05, 3.63) is 83.2 Å². The van der Waals surface area contributed by atoms with Crippen LogP contribution < -0.4 is 4.74 Å². The van der Waals surface area contributed by atoms with Crippen molar-refractivity contribution in [1.29, 1.82) is 0 Å².